The van der Waals surface area contributed by atoms with Crippen LogP contribution in [0, 0.1) is 0 Å². The first-order valence-electron chi connectivity index (χ1n) is 4.40. The lowest BCUT2D eigenvalue weighted by atomic mass is 10.4. The van der Waals surface area contributed by atoms with Crippen LogP contribution in [0.15, 0.2) is 25.9 Å². The molecular formula is C10H19NO3. The van der Waals surface area contributed by atoms with Crippen LogP contribution in [0.25, 0.3) is 0 Å². The van der Waals surface area contributed by atoms with Crippen LogP contribution in [0.3, 0.4) is 0 Å². The lowest BCUT2D eigenvalue weighted by Crippen LogP contribution is -2.16. The van der Waals surface area contributed by atoms with E-state index in [1.165, 1.54) is 0 Å². The van der Waals surface area contributed by atoms with Crippen molar-refractivity contribution in [2.75, 3.05) is 19.8 Å². The molecule has 0 aromatic heterocycles. The fraction of sp³-hybridized carbons (Fsp3) is 0.500. The van der Waals surface area contributed by atoms with Crippen molar-refractivity contribution < 1.29 is 15.0 Å². The number of amides is 1. The average Bonchev–Trinajstić information content (AvgIpc) is 2.67. The third kappa shape index (κ3) is 7.52. The van der Waals surface area contributed by atoms with Gasteiger partial charge >= 0.3 is 0 Å². The summed E-state index contributed by atoms with van der Waals surface area (Å²) in [5.41, 5.74) is 0. The summed E-state index contributed by atoms with van der Waals surface area (Å²) in [5.74, 6) is 0.208. The first kappa shape index (κ1) is 15.3. The molecular weight excluding hydrogens is 182 g/mol. The van der Waals surface area contributed by atoms with Crippen LogP contribution in [0.1, 0.15) is 12.8 Å². The van der Waals surface area contributed by atoms with Crippen LogP contribution >= 0.6 is 0 Å². The van der Waals surface area contributed by atoms with Gasteiger partial charge in [-0.15, -0.1) is 13.2 Å². The summed E-state index contributed by atoms with van der Waals surface area (Å²) in [6, 6.07) is 0. The molecule has 1 heterocycles. The number of hydrogen-bond acceptors (Lipinski definition) is 3. The van der Waals surface area contributed by atoms with Gasteiger partial charge in [0.1, 0.15) is 0 Å². The molecule has 1 amide bonds. The van der Waals surface area contributed by atoms with E-state index in [0.717, 1.165) is 13.0 Å². The van der Waals surface area contributed by atoms with Crippen molar-refractivity contribution in [3.8, 4) is 0 Å². The van der Waals surface area contributed by atoms with E-state index in [-0.39, 0.29) is 19.1 Å². The largest absolute Gasteiger partial charge is 0.394 e. The van der Waals surface area contributed by atoms with Gasteiger partial charge in [-0.25, -0.2) is 0 Å². The van der Waals surface area contributed by atoms with Gasteiger partial charge in [-0.2, -0.15) is 0 Å². The van der Waals surface area contributed by atoms with Crippen molar-refractivity contribution in [1.29, 1.82) is 0 Å². The van der Waals surface area contributed by atoms with Gasteiger partial charge in [0.15, 0.2) is 0 Å². The molecule has 0 bridgehead atoms. The van der Waals surface area contributed by atoms with Gasteiger partial charge in [0.25, 0.3) is 0 Å². The third-order valence-corrected chi connectivity index (χ3v) is 1.43. The molecule has 0 unspecified atom stereocenters. The van der Waals surface area contributed by atoms with E-state index >= 15 is 0 Å². The number of nitrogens with zero attached hydrogens (tertiary/aromatic N) is 1. The fourth-order valence-corrected chi connectivity index (χ4v) is 0.862. The summed E-state index contributed by atoms with van der Waals surface area (Å²) in [5, 5.41) is 15.2. The highest BCUT2D eigenvalue weighted by Gasteiger charge is 2.15. The second kappa shape index (κ2) is 11.9. The molecule has 2 N–H and O–H groups in total. The zero-order chi connectivity index (χ0) is 11.4. The lowest BCUT2D eigenvalue weighted by Gasteiger charge is -2.05. The lowest BCUT2D eigenvalue weighted by molar-refractivity contribution is -0.125. The molecule has 0 aromatic carbocycles. The smallest absolute Gasteiger partial charge is 0.226 e. The third-order valence-electron chi connectivity index (χ3n) is 1.43. The summed E-state index contributed by atoms with van der Waals surface area (Å²) >= 11 is 0. The van der Waals surface area contributed by atoms with Gasteiger partial charge in [-0.05, 0) is 12.6 Å². The van der Waals surface area contributed by atoms with Crippen molar-refractivity contribution in [2.45, 2.75) is 12.8 Å². The molecule has 14 heavy (non-hydrogen) atoms. The number of aliphatic hydroxyl groups excluding tert-OH is 2. The summed E-state index contributed by atoms with van der Waals surface area (Å²) in [6.07, 6.45) is 3.28. The summed E-state index contributed by atoms with van der Waals surface area (Å²) in [7, 11) is 0. The zero-order valence-corrected chi connectivity index (χ0v) is 8.48. The molecule has 1 aliphatic heterocycles. The van der Waals surface area contributed by atoms with Crippen LogP contribution in [0.2, 0.25) is 0 Å². The first-order chi connectivity index (χ1) is 6.76. The van der Waals surface area contributed by atoms with Gasteiger partial charge in [0.2, 0.25) is 5.91 Å². The molecule has 1 aliphatic rings. The minimum absolute atomic E-state index is 0.125. The van der Waals surface area contributed by atoms with Gasteiger partial charge < -0.3 is 15.1 Å². The highest BCUT2D eigenvalue weighted by molar-refractivity contribution is 5.78. The maximum atomic E-state index is 10.7. The maximum Gasteiger partial charge on any atom is 0.226 e. The Kier molecular flexibility index (Phi) is 13.0. The SMILES string of the molecule is C=C.C=CN1CCCC1=O.OCCO. The topological polar surface area (TPSA) is 60.8 Å². The van der Waals surface area contributed by atoms with E-state index in [4.69, 9.17) is 10.2 Å². The number of likely N-dealkylation sites (tertiary alicyclic amines) is 1. The molecule has 4 nitrogen and oxygen atoms in total. The van der Waals surface area contributed by atoms with Gasteiger partial charge in [-0.1, -0.05) is 6.58 Å². The summed E-state index contributed by atoms with van der Waals surface area (Å²) < 4.78 is 0. The molecule has 0 spiro atoms. The maximum absolute atomic E-state index is 10.7. The van der Waals surface area contributed by atoms with Crippen molar-refractivity contribution in [3.05, 3.63) is 25.9 Å². The van der Waals surface area contributed by atoms with Crippen LogP contribution in [0.4, 0.5) is 0 Å². The number of rotatable bonds is 2. The van der Waals surface area contributed by atoms with Gasteiger partial charge in [-0.3, -0.25) is 4.79 Å². The van der Waals surface area contributed by atoms with Gasteiger partial charge in [0.05, 0.1) is 13.2 Å². The number of hydrogen-bond donors (Lipinski definition) is 2. The summed E-state index contributed by atoms with van der Waals surface area (Å²) in [6.45, 7) is 10.1. The highest BCUT2D eigenvalue weighted by atomic mass is 16.3. The second-order valence-corrected chi connectivity index (χ2v) is 2.32. The molecule has 0 aromatic rings. The average molecular weight is 201 g/mol. The highest BCUT2D eigenvalue weighted by Crippen LogP contribution is 2.08. The van der Waals surface area contributed by atoms with Crippen LogP contribution in [-0.4, -0.2) is 40.8 Å². The molecule has 1 saturated heterocycles. The van der Waals surface area contributed by atoms with Crippen molar-refractivity contribution >= 4 is 5.91 Å². The van der Waals surface area contributed by atoms with Gasteiger partial charge in [0, 0.05) is 13.0 Å². The fourth-order valence-electron chi connectivity index (χ4n) is 0.862. The Bertz CT molecular complexity index is 157. The normalized spacial score (nSPS) is 13.6. The number of carbonyl (C=O) groups is 1. The molecule has 0 radical (unpaired) electrons. The minimum atomic E-state index is -0.125. The van der Waals surface area contributed by atoms with E-state index in [1.807, 2.05) is 0 Å². The summed E-state index contributed by atoms with van der Waals surface area (Å²) in [4.78, 5) is 12.3. The van der Waals surface area contributed by atoms with Crippen molar-refractivity contribution in [1.82, 2.24) is 4.90 Å². The molecule has 0 aliphatic carbocycles. The van der Waals surface area contributed by atoms with E-state index in [0.29, 0.717) is 6.42 Å². The molecule has 0 saturated carbocycles. The Morgan fingerprint density at radius 3 is 2.00 bits per heavy atom. The van der Waals surface area contributed by atoms with Crippen LogP contribution < -0.4 is 0 Å². The predicted octanol–water partition coefficient (Wildman–Crippen LogP) is 0.525. The Labute approximate surface area is 85.2 Å². The Hall–Kier alpha value is -1.13. The molecule has 4 heteroatoms. The molecule has 0 atom stereocenters. The standard InChI is InChI=1S/C6H9NO.C2H6O2.C2H4/c1-2-7-5-3-4-6(7)8;3-1-2-4;1-2/h2H,1,3-5H2;3-4H,1-2H2;1-2H2. The van der Waals surface area contributed by atoms with E-state index in [2.05, 4.69) is 19.7 Å². The quantitative estimate of drug-likeness (QED) is 0.640. The Balaban J connectivity index is 0. The van der Waals surface area contributed by atoms with Crippen LogP contribution in [-0.2, 0) is 4.79 Å². The molecule has 82 valence electrons. The van der Waals surface area contributed by atoms with E-state index in [9.17, 15) is 4.79 Å². The zero-order valence-electron chi connectivity index (χ0n) is 8.48. The minimum Gasteiger partial charge on any atom is -0.394 e. The Morgan fingerprint density at radius 1 is 1.36 bits per heavy atom. The first-order valence-corrected chi connectivity index (χ1v) is 4.40. The van der Waals surface area contributed by atoms with E-state index < -0.39 is 0 Å². The monoisotopic (exact) mass is 201 g/mol. The molecule has 1 fully saturated rings. The van der Waals surface area contributed by atoms with E-state index in [1.54, 1.807) is 11.1 Å². The number of carbonyl (C=O) groups excluding carboxylic acids is 1. The number of aliphatic hydroxyl groups is 2. The predicted molar refractivity (Wildman–Crippen MR) is 56.6 cm³/mol. The van der Waals surface area contributed by atoms with Crippen LogP contribution in [0.5, 0.6) is 0 Å². The van der Waals surface area contributed by atoms with Crippen molar-refractivity contribution in [3.63, 3.8) is 0 Å². The Morgan fingerprint density at radius 2 is 1.86 bits per heavy atom. The van der Waals surface area contributed by atoms with Crippen molar-refractivity contribution in [2.24, 2.45) is 0 Å². The second-order valence-electron chi connectivity index (χ2n) is 2.32. The molecule has 1 rings (SSSR count).